The summed E-state index contributed by atoms with van der Waals surface area (Å²) in [7, 11) is 0. The Morgan fingerprint density at radius 3 is 2.75 bits per heavy atom. The summed E-state index contributed by atoms with van der Waals surface area (Å²) in [6.45, 7) is 8.14. The van der Waals surface area contributed by atoms with E-state index in [0.717, 1.165) is 12.5 Å². The Labute approximate surface area is 81.1 Å². The molecule has 1 heterocycles. The fourth-order valence-corrected chi connectivity index (χ4v) is 2.44. The van der Waals surface area contributed by atoms with Gasteiger partial charge in [-0.05, 0) is 25.3 Å². The molecule has 72 valence electrons. The van der Waals surface area contributed by atoms with Gasteiger partial charge in [0.2, 0.25) is 0 Å². The molecule has 2 unspecified atom stereocenters. The molecule has 0 amide bonds. The van der Waals surface area contributed by atoms with E-state index in [1.54, 1.807) is 0 Å². The van der Waals surface area contributed by atoms with Gasteiger partial charge in [-0.2, -0.15) is 0 Å². The van der Waals surface area contributed by atoms with Crippen LogP contribution >= 0.6 is 11.6 Å². The molecule has 0 spiro atoms. The van der Waals surface area contributed by atoms with Crippen LogP contribution in [0.5, 0.6) is 0 Å². The maximum atomic E-state index is 6.14. The van der Waals surface area contributed by atoms with E-state index in [9.17, 15) is 0 Å². The van der Waals surface area contributed by atoms with E-state index >= 15 is 0 Å². The molecule has 1 aliphatic heterocycles. The van der Waals surface area contributed by atoms with Gasteiger partial charge in [-0.25, -0.2) is 0 Å². The Morgan fingerprint density at radius 2 is 2.17 bits per heavy atom. The second kappa shape index (κ2) is 5.08. The van der Waals surface area contributed by atoms with Crippen molar-refractivity contribution in [3.05, 3.63) is 0 Å². The molecule has 1 rings (SSSR count). The van der Waals surface area contributed by atoms with Crippen molar-refractivity contribution < 1.29 is 0 Å². The van der Waals surface area contributed by atoms with E-state index in [4.69, 9.17) is 11.6 Å². The SMILES string of the molecule is CCCCN1CC(C)CC(Cl)C1. The lowest BCUT2D eigenvalue weighted by atomic mass is 10.00. The first kappa shape index (κ1) is 10.3. The molecule has 1 fully saturated rings. The van der Waals surface area contributed by atoms with Crippen molar-refractivity contribution in [1.29, 1.82) is 0 Å². The number of unbranched alkanes of at least 4 members (excludes halogenated alkanes) is 1. The standard InChI is InChI=1S/C10H20ClN/c1-3-4-5-12-7-9(2)6-10(11)8-12/h9-10H,3-8H2,1-2H3. The summed E-state index contributed by atoms with van der Waals surface area (Å²) in [5, 5.41) is 0.394. The van der Waals surface area contributed by atoms with Crippen LogP contribution in [-0.4, -0.2) is 29.9 Å². The van der Waals surface area contributed by atoms with Crippen molar-refractivity contribution >= 4 is 11.6 Å². The summed E-state index contributed by atoms with van der Waals surface area (Å²) in [6, 6.07) is 0. The Bertz CT molecular complexity index is 117. The second-order valence-corrected chi connectivity index (χ2v) is 4.67. The second-order valence-electron chi connectivity index (χ2n) is 4.05. The minimum absolute atomic E-state index is 0.394. The molecule has 1 saturated heterocycles. The zero-order valence-electron chi connectivity index (χ0n) is 8.22. The molecule has 2 atom stereocenters. The zero-order chi connectivity index (χ0) is 8.97. The van der Waals surface area contributed by atoms with Gasteiger partial charge in [-0.3, -0.25) is 0 Å². The lowest BCUT2D eigenvalue weighted by Gasteiger charge is -2.33. The molecule has 2 heteroatoms. The van der Waals surface area contributed by atoms with Crippen LogP contribution in [0.25, 0.3) is 0 Å². The number of likely N-dealkylation sites (tertiary alicyclic amines) is 1. The van der Waals surface area contributed by atoms with Crippen LogP contribution in [0.1, 0.15) is 33.1 Å². The van der Waals surface area contributed by atoms with Crippen molar-refractivity contribution in [1.82, 2.24) is 4.90 Å². The Morgan fingerprint density at radius 1 is 1.42 bits per heavy atom. The third-order valence-electron chi connectivity index (χ3n) is 2.51. The molecule has 0 N–H and O–H groups in total. The van der Waals surface area contributed by atoms with Gasteiger partial charge in [-0.15, -0.1) is 11.6 Å². The molecule has 1 aliphatic rings. The Hall–Kier alpha value is 0.250. The van der Waals surface area contributed by atoms with Crippen LogP contribution in [0.3, 0.4) is 0 Å². The molecule has 0 aromatic rings. The van der Waals surface area contributed by atoms with E-state index in [1.807, 2.05) is 0 Å². The van der Waals surface area contributed by atoms with E-state index < -0.39 is 0 Å². The topological polar surface area (TPSA) is 3.24 Å². The maximum absolute atomic E-state index is 6.14. The molecular weight excluding hydrogens is 170 g/mol. The van der Waals surface area contributed by atoms with Crippen molar-refractivity contribution in [2.24, 2.45) is 5.92 Å². The summed E-state index contributed by atoms with van der Waals surface area (Å²) in [5.41, 5.74) is 0. The molecule has 12 heavy (non-hydrogen) atoms. The van der Waals surface area contributed by atoms with Gasteiger partial charge < -0.3 is 4.90 Å². The highest BCUT2D eigenvalue weighted by molar-refractivity contribution is 6.20. The lowest BCUT2D eigenvalue weighted by molar-refractivity contribution is 0.185. The Balaban J connectivity index is 2.24. The molecule has 1 nitrogen and oxygen atoms in total. The minimum atomic E-state index is 0.394. The average Bonchev–Trinajstić information content (AvgIpc) is 1.99. The summed E-state index contributed by atoms with van der Waals surface area (Å²) in [5.74, 6) is 0.790. The predicted octanol–water partition coefficient (Wildman–Crippen LogP) is 2.74. The van der Waals surface area contributed by atoms with Crippen LogP contribution in [0.4, 0.5) is 0 Å². The summed E-state index contributed by atoms with van der Waals surface area (Å²) < 4.78 is 0. The third-order valence-corrected chi connectivity index (χ3v) is 2.83. The highest BCUT2D eigenvalue weighted by Gasteiger charge is 2.22. The molecule has 0 radical (unpaired) electrons. The number of hydrogen-bond acceptors (Lipinski definition) is 1. The van der Waals surface area contributed by atoms with Gasteiger partial charge in [0.1, 0.15) is 0 Å². The fraction of sp³-hybridized carbons (Fsp3) is 1.00. The number of halogens is 1. The van der Waals surface area contributed by atoms with E-state index in [0.29, 0.717) is 5.38 Å². The van der Waals surface area contributed by atoms with Crippen LogP contribution < -0.4 is 0 Å². The van der Waals surface area contributed by atoms with Crippen LogP contribution in [0.15, 0.2) is 0 Å². The summed E-state index contributed by atoms with van der Waals surface area (Å²) in [4.78, 5) is 2.51. The van der Waals surface area contributed by atoms with Gasteiger partial charge in [-0.1, -0.05) is 20.3 Å². The smallest absolute Gasteiger partial charge is 0.0466 e. The van der Waals surface area contributed by atoms with Crippen LogP contribution in [0.2, 0.25) is 0 Å². The molecular formula is C10H20ClN. The van der Waals surface area contributed by atoms with E-state index in [2.05, 4.69) is 18.7 Å². The highest BCUT2D eigenvalue weighted by Crippen LogP contribution is 2.20. The fourth-order valence-electron chi connectivity index (χ4n) is 1.95. The monoisotopic (exact) mass is 189 g/mol. The van der Waals surface area contributed by atoms with Gasteiger partial charge in [0.25, 0.3) is 0 Å². The number of alkyl halides is 1. The first-order valence-electron chi connectivity index (χ1n) is 5.08. The van der Waals surface area contributed by atoms with Crippen molar-refractivity contribution in [3.63, 3.8) is 0 Å². The van der Waals surface area contributed by atoms with Gasteiger partial charge in [0, 0.05) is 18.5 Å². The van der Waals surface area contributed by atoms with Crippen LogP contribution in [0, 0.1) is 5.92 Å². The van der Waals surface area contributed by atoms with Crippen molar-refractivity contribution in [3.8, 4) is 0 Å². The van der Waals surface area contributed by atoms with Crippen molar-refractivity contribution in [2.75, 3.05) is 19.6 Å². The summed E-state index contributed by atoms with van der Waals surface area (Å²) >= 11 is 6.14. The zero-order valence-corrected chi connectivity index (χ0v) is 8.98. The predicted molar refractivity (Wildman–Crippen MR) is 54.8 cm³/mol. The highest BCUT2D eigenvalue weighted by atomic mass is 35.5. The van der Waals surface area contributed by atoms with Crippen LogP contribution in [-0.2, 0) is 0 Å². The number of hydrogen-bond donors (Lipinski definition) is 0. The van der Waals surface area contributed by atoms with Gasteiger partial charge in [0.15, 0.2) is 0 Å². The molecule has 0 saturated carbocycles. The van der Waals surface area contributed by atoms with Gasteiger partial charge >= 0.3 is 0 Å². The molecule has 0 aliphatic carbocycles. The quantitative estimate of drug-likeness (QED) is 0.618. The lowest BCUT2D eigenvalue weighted by Crippen LogP contribution is -2.40. The van der Waals surface area contributed by atoms with E-state index in [-0.39, 0.29) is 0 Å². The maximum Gasteiger partial charge on any atom is 0.0466 e. The Kier molecular flexibility index (Phi) is 4.38. The first-order chi connectivity index (χ1) is 5.72. The van der Waals surface area contributed by atoms with Crippen molar-refractivity contribution in [2.45, 2.75) is 38.5 Å². The third kappa shape index (κ3) is 3.32. The van der Waals surface area contributed by atoms with E-state index in [1.165, 1.54) is 32.4 Å². The minimum Gasteiger partial charge on any atom is -0.302 e. The largest absolute Gasteiger partial charge is 0.302 e. The molecule has 0 aromatic heterocycles. The number of piperidine rings is 1. The number of rotatable bonds is 3. The molecule has 0 aromatic carbocycles. The normalized spacial score (nSPS) is 32.2. The molecule has 0 bridgehead atoms. The first-order valence-corrected chi connectivity index (χ1v) is 5.52. The summed E-state index contributed by atoms with van der Waals surface area (Å²) in [6.07, 6.45) is 3.80. The number of nitrogens with zero attached hydrogens (tertiary/aromatic N) is 1. The van der Waals surface area contributed by atoms with Gasteiger partial charge in [0.05, 0.1) is 0 Å². The average molecular weight is 190 g/mol.